The van der Waals surface area contributed by atoms with Gasteiger partial charge in [0.2, 0.25) is 0 Å². The Kier molecular flexibility index (Phi) is 2.94. The molecule has 0 aliphatic carbocycles. The zero-order chi connectivity index (χ0) is 9.14. The van der Waals surface area contributed by atoms with Gasteiger partial charge in [-0.1, -0.05) is 11.6 Å². The third kappa shape index (κ3) is 1.89. The highest BCUT2D eigenvalue weighted by molar-refractivity contribution is 6.29. The highest BCUT2D eigenvalue weighted by atomic mass is 35.5. The van der Waals surface area contributed by atoms with E-state index in [2.05, 4.69) is 4.98 Å². The summed E-state index contributed by atoms with van der Waals surface area (Å²) in [6.45, 7) is -0.456. The molecule has 1 heterocycles. The first-order valence-electron chi connectivity index (χ1n) is 3.18. The number of hydrogen-bond donors (Lipinski definition) is 1. The van der Waals surface area contributed by atoms with Crippen LogP contribution in [0.5, 0.6) is 0 Å². The minimum absolute atomic E-state index is 0.100. The lowest BCUT2D eigenvalue weighted by Gasteiger charge is -2.04. The molecule has 1 aromatic rings. The summed E-state index contributed by atoms with van der Waals surface area (Å²) in [7, 11) is 0. The fourth-order valence-electron chi connectivity index (χ4n) is 0.812. The lowest BCUT2D eigenvalue weighted by atomic mass is 10.1. The van der Waals surface area contributed by atoms with E-state index in [0.29, 0.717) is 0 Å². The van der Waals surface area contributed by atoms with Crippen LogP contribution >= 0.6 is 11.6 Å². The largest absolute Gasteiger partial charge is 0.392 e. The lowest BCUT2D eigenvalue weighted by Crippen LogP contribution is -1.95. The van der Waals surface area contributed by atoms with Gasteiger partial charge in [0.15, 0.2) is 0 Å². The van der Waals surface area contributed by atoms with Crippen molar-refractivity contribution in [3.63, 3.8) is 0 Å². The zero-order valence-electron chi connectivity index (χ0n) is 5.97. The molecule has 0 aromatic carbocycles. The average Bonchev–Trinajstić information content (AvgIpc) is 2.03. The minimum Gasteiger partial charge on any atom is -0.392 e. The van der Waals surface area contributed by atoms with E-state index in [1.54, 1.807) is 0 Å². The van der Waals surface area contributed by atoms with E-state index in [0.717, 1.165) is 6.20 Å². The number of aliphatic hydroxyl groups is 1. The van der Waals surface area contributed by atoms with E-state index in [9.17, 15) is 8.78 Å². The van der Waals surface area contributed by atoms with E-state index in [1.165, 1.54) is 6.07 Å². The molecule has 0 amide bonds. The predicted molar refractivity (Wildman–Crippen MR) is 40.1 cm³/mol. The van der Waals surface area contributed by atoms with Crippen LogP contribution in [-0.4, -0.2) is 10.1 Å². The average molecular weight is 194 g/mol. The Morgan fingerprint density at radius 1 is 1.58 bits per heavy atom. The number of alkyl halides is 2. The molecular formula is C7H6ClF2NO. The van der Waals surface area contributed by atoms with Crippen LogP contribution in [0.25, 0.3) is 0 Å². The number of hydrogen-bond acceptors (Lipinski definition) is 2. The van der Waals surface area contributed by atoms with Crippen molar-refractivity contribution in [2.24, 2.45) is 0 Å². The standard InChI is InChI=1S/C7H6ClF2NO/c8-6-1-4(3-12)5(2-11-6)7(9)10/h1-2,7,12H,3H2. The van der Waals surface area contributed by atoms with Crippen molar-refractivity contribution in [1.82, 2.24) is 4.98 Å². The molecule has 0 bridgehead atoms. The predicted octanol–water partition coefficient (Wildman–Crippen LogP) is 2.16. The number of rotatable bonds is 2. The van der Waals surface area contributed by atoms with Crippen molar-refractivity contribution < 1.29 is 13.9 Å². The van der Waals surface area contributed by atoms with Gasteiger partial charge in [0.25, 0.3) is 6.43 Å². The summed E-state index contributed by atoms with van der Waals surface area (Å²) >= 11 is 5.43. The van der Waals surface area contributed by atoms with Crippen LogP contribution in [-0.2, 0) is 6.61 Å². The first kappa shape index (κ1) is 9.35. The summed E-state index contributed by atoms with van der Waals surface area (Å²) in [4.78, 5) is 3.48. The molecule has 0 spiro atoms. The van der Waals surface area contributed by atoms with Gasteiger partial charge < -0.3 is 5.11 Å². The van der Waals surface area contributed by atoms with Crippen molar-refractivity contribution >= 4 is 11.6 Å². The zero-order valence-corrected chi connectivity index (χ0v) is 6.72. The van der Waals surface area contributed by atoms with Crippen LogP contribution in [0.2, 0.25) is 5.15 Å². The fourth-order valence-corrected chi connectivity index (χ4v) is 0.992. The quantitative estimate of drug-likeness (QED) is 0.731. The second kappa shape index (κ2) is 3.78. The number of aromatic nitrogens is 1. The topological polar surface area (TPSA) is 33.1 Å². The maximum Gasteiger partial charge on any atom is 0.265 e. The van der Waals surface area contributed by atoms with E-state index in [4.69, 9.17) is 16.7 Å². The van der Waals surface area contributed by atoms with Crippen LogP contribution in [0.1, 0.15) is 17.6 Å². The molecule has 0 fully saturated rings. The minimum atomic E-state index is -2.63. The van der Waals surface area contributed by atoms with Crippen molar-refractivity contribution in [3.05, 3.63) is 28.5 Å². The summed E-state index contributed by atoms with van der Waals surface area (Å²) in [6, 6.07) is 1.23. The van der Waals surface area contributed by atoms with Crippen LogP contribution < -0.4 is 0 Å². The van der Waals surface area contributed by atoms with Crippen LogP contribution in [0.4, 0.5) is 8.78 Å². The van der Waals surface area contributed by atoms with Crippen LogP contribution in [0, 0.1) is 0 Å². The molecule has 0 aliphatic heterocycles. The highest BCUT2D eigenvalue weighted by Gasteiger charge is 2.12. The molecule has 5 heteroatoms. The van der Waals surface area contributed by atoms with E-state index < -0.39 is 13.0 Å². The van der Waals surface area contributed by atoms with Gasteiger partial charge in [-0.15, -0.1) is 0 Å². The van der Waals surface area contributed by atoms with Crippen LogP contribution in [0.3, 0.4) is 0 Å². The summed E-state index contributed by atoms with van der Waals surface area (Å²) in [5.74, 6) is 0. The Morgan fingerprint density at radius 3 is 2.75 bits per heavy atom. The summed E-state index contributed by atoms with van der Waals surface area (Å²) in [6.07, 6.45) is -1.66. The van der Waals surface area contributed by atoms with Crippen molar-refractivity contribution in [2.75, 3.05) is 0 Å². The monoisotopic (exact) mass is 193 g/mol. The third-order valence-electron chi connectivity index (χ3n) is 1.40. The molecule has 0 saturated heterocycles. The van der Waals surface area contributed by atoms with Crippen molar-refractivity contribution in [2.45, 2.75) is 13.0 Å². The van der Waals surface area contributed by atoms with Gasteiger partial charge in [0.05, 0.1) is 6.61 Å². The SMILES string of the molecule is OCc1cc(Cl)ncc1C(F)F. The summed E-state index contributed by atoms with van der Waals surface area (Å²) in [5.41, 5.74) is -0.160. The normalized spacial score (nSPS) is 10.8. The molecule has 1 aromatic heterocycles. The molecule has 2 nitrogen and oxygen atoms in total. The summed E-state index contributed by atoms with van der Waals surface area (Å²) < 4.78 is 24.3. The Hall–Kier alpha value is -0.740. The molecule has 0 aliphatic rings. The van der Waals surface area contributed by atoms with Gasteiger partial charge in [-0.25, -0.2) is 13.8 Å². The molecule has 0 saturated carbocycles. The van der Waals surface area contributed by atoms with Gasteiger partial charge in [-0.2, -0.15) is 0 Å². The molecule has 0 unspecified atom stereocenters. The van der Waals surface area contributed by atoms with Gasteiger partial charge >= 0.3 is 0 Å². The smallest absolute Gasteiger partial charge is 0.265 e. The Bertz CT molecular complexity index is 280. The van der Waals surface area contributed by atoms with E-state index >= 15 is 0 Å². The van der Waals surface area contributed by atoms with Gasteiger partial charge in [0, 0.05) is 11.8 Å². The number of halogens is 3. The maximum atomic E-state index is 12.2. The number of nitrogens with zero attached hydrogens (tertiary/aromatic N) is 1. The maximum absolute atomic E-state index is 12.2. The van der Waals surface area contributed by atoms with Crippen molar-refractivity contribution in [3.8, 4) is 0 Å². The Balaban J connectivity index is 3.11. The molecule has 0 atom stereocenters. The molecule has 0 radical (unpaired) electrons. The first-order chi connectivity index (χ1) is 5.65. The molecule has 66 valence electrons. The molecule has 1 N–H and O–H groups in total. The first-order valence-corrected chi connectivity index (χ1v) is 3.56. The van der Waals surface area contributed by atoms with Crippen LogP contribution in [0.15, 0.2) is 12.3 Å². The fraction of sp³-hybridized carbons (Fsp3) is 0.286. The van der Waals surface area contributed by atoms with Crippen molar-refractivity contribution in [1.29, 1.82) is 0 Å². The van der Waals surface area contributed by atoms with E-state index in [-0.39, 0.29) is 16.3 Å². The number of pyridine rings is 1. The second-order valence-electron chi connectivity index (χ2n) is 2.16. The summed E-state index contributed by atoms with van der Waals surface area (Å²) in [5, 5.41) is 8.77. The van der Waals surface area contributed by atoms with Gasteiger partial charge in [0.1, 0.15) is 5.15 Å². The molecule has 12 heavy (non-hydrogen) atoms. The second-order valence-corrected chi connectivity index (χ2v) is 2.55. The Morgan fingerprint density at radius 2 is 2.25 bits per heavy atom. The van der Waals surface area contributed by atoms with Gasteiger partial charge in [-0.05, 0) is 11.6 Å². The third-order valence-corrected chi connectivity index (χ3v) is 1.60. The molecule has 1 rings (SSSR count). The van der Waals surface area contributed by atoms with E-state index in [1.807, 2.05) is 0 Å². The lowest BCUT2D eigenvalue weighted by molar-refractivity contribution is 0.146. The highest BCUT2D eigenvalue weighted by Crippen LogP contribution is 2.23. The Labute approximate surface area is 72.8 Å². The molecular weight excluding hydrogens is 188 g/mol. The van der Waals surface area contributed by atoms with Gasteiger partial charge in [-0.3, -0.25) is 0 Å². The number of aliphatic hydroxyl groups excluding tert-OH is 1.